The first kappa shape index (κ1) is 86.5. The first-order valence-corrected chi connectivity index (χ1v) is 37.7. The summed E-state index contributed by atoms with van der Waals surface area (Å²) in [6, 6.07) is -11.5. The quantitative estimate of drug-likeness (QED) is 0.167. The van der Waals surface area contributed by atoms with Crippen LogP contribution in [0.5, 0.6) is 0 Å². The number of alkyl halides is 10. The molecule has 3 N–H and O–H groups in total. The molecule has 3 aliphatic heterocycles. The van der Waals surface area contributed by atoms with Gasteiger partial charge in [-0.1, -0.05) is 52.4 Å². The maximum atomic E-state index is 15.7. The molecule has 4 aliphatic carbocycles. The summed E-state index contributed by atoms with van der Waals surface area (Å²) < 4.78 is 134. The van der Waals surface area contributed by atoms with Gasteiger partial charge in [-0.05, 0) is 126 Å². The third-order valence-electron chi connectivity index (χ3n) is 23.4. The highest BCUT2D eigenvalue weighted by atomic mass is 35.5. The molecule has 1 spiro atoms. The highest BCUT2D eigenvalue weighted by Crippen LogP contribution is 2.45. The van der Waals surface area contributed by atoms with E-state index in [1.165, 1.54) is 56.9 Å². The van der Waals surface area contributed by atoms with E-state index < -0.39 is 211 Å². The molecule has 4 saturated carbocycles. The molecule has 35 heteroatoms. The molecular weight excluding hydrogens is 1440 g/mol. The summed E-state index contributed by atoms with van der Waals surface area (Å²) in [6.07, 6.45) is -14.3. The minimum atomic E-state index is -5.15. The monoisotopic (exact) mass is 1540 g/mol. The van der Waals surface area contributed by atoms with Crippen molar-refractivity contribution in [1.29, 1.82) is 0 Å². The fraction of sp³-hybridized carbons (Fsp3) is 0.831. The van der Waals surface area contributed by atoms with Crippen molar-refractivity contribution >= 4 is 82.5 Å². The number of amides is 12. The van der Waals surface area contributed by atoms with Crippen molar-refractivity contribution in [1.82, 2.24) is 60.0 Å². The van der Waals surface area contributed by atoms with Crippen molar-refractivity contribution < 1.29 is 102 Å². The number of rotatable bonds is 10. The number of carbonyl (C=O) groups is 12. The number of hydrogen-bond donors (Lipinski definition) is 3. The van der Waals surface area contributed by atoms with Crippen molar-refractivity contribution in [3.8, 4) is 0 Å². The summed E-state index contributed by atoms with van der Waals surface area (Å²) in [5.41, 5.74) is -1.71. The van der Waals surface area contributed by atoms with E-state index >= 15 is 19.2 Å². The second kappa shape index (κ2) is 37.1. The highest BCUT2D eigenvalue weighted by molar-refractivity contribution is 6.21. The average molecular weight is 1540 g/mol. The summed E-state index contributed by atoms with van der Waals surface area (Å²) in [7, 11) is 8.27. The zero-order chi connectivity index (χ0) is 78.7. The average Bonchev–Trinajstić information content (AvgIpc) is 1.61. The lowest BCUT2D eigenvalue weighted by molar-refractivity contribution is -0.184. The topological polar surface area (TPSA) is 279 Å². The van der Waals surface area contributed by atoms with Gasteiger partial charge in [0.2, 0.25) is 70.9 Å². The summed E-state index contributed by atoms with van der Waals surface area (Å²) >= 11 is 6.37. The van der Waals surface area contributed by atoms with E-state index in [1.807, 2.05) is 0 Å². The number of fused-ring (bicyclic) bond motifs is 1. The molecule has 3 heterocycles. The van der Waals surface area contributed by atoms with E-state index in [2.05, 4.69) is 16.0 Å². The molecule has 7 aliphatic rings. The molecule has 0 aromatic carbocycles. The van der Waals surface area contributed by atoms with Crippen LogP contribution in [0.4, 0.5) is 39.5 Å². The zero-order valence-electron chi connectivity index (χ0n) is 62.3. The van der Waals surface area contributed by atoms with Gasteiger partial charge in [-0.15, -0.1) is 11.6 Å². The Morgan fingerprint density at radius 2 is 1.18 bits per heavy atom. The fourth-order valence-corrected chi connectivity index (χ4v) is 17.1. The Morgan fingerprint density at radius 1 is 0.585 bits per heavy atom. The largest absolute Gasteiger partial charge is 0.393 e. The molecule has 0 radical (unpaired) electrons. The van der Waals surface area contributed by atoms with Crippen LogP contribution in [0.25, 0.3) is 0 Å². The maximum absolute atomic E-state index is 15.7. The number of nitrogens with one attached hydrogen (secondary N) is 3. The first-order valence-electron chi connectivity index (χ1n) is 37.3. The molecule has 0 aromatic rings. The van der Waals surface area contributed by atoms with Crippen molar-refractivity contribution in [2.75, 3.05) is 102 Å². The van der Waals surface area contributed by atoms with Crippen LogP contribution in [0.15, 0.2) is 0 Å². The second-order valence-electron chi connectivity index (χ2n) is 30.7. The molecule has 12 amide bonds. The van der Waals surface area contributed by atoms with Crippen molar-refractivity contribution in [2.45, 2.75) is 240 Å². The number of ether oxygens (including phenoxy) is 1. The minimum Gasteiger partial charge on any atom is -0.378 e. The molecule has 106 heavy (non-hydrogen) atoms. The second-order valence-corrected chi connectivity index (χ2v) is 31.3. The predicted molar refractivity (Wildman–Crippen MR) is 368 cm³/mol. The Kier molecular flexibility index (Phi) is 30.3. The van der Waals surface area contributed by atoms with Gasteiger partial charge in [-0.3, -0.25) is 57.5 Å². The van der Waals surface area contributed by atoms with Crippen LogP contribution in [0.1, 0.15) is 168 Å². The van der Waals surface area contributed by atoms with Gasteiger partial charge >= 0.3 is 18.5 Å². The van der Waals surface area contributed by atoms with Gasteiger partial charge in [-0.2, -0.15) is 39.5 Å². The Balaban J connectivity index is 1.29. The van der Waals surface area contributed by atoms with Crippen molar-refractivity contribution in [3.05, 3.63) is 0 Å². The summed E-state index contributed by atoms with van der Waals surface area (Å²) in [5.74, 6) is -17.0. The van der Waals surface area contributed by atoms with Crippen LogP contribution in [-0.2, 0) is 62.3 Å². The van der Waals surface area contributed by atoms with Crippen LogP contribution in [0.2, 0.25) is 0 Å². The summed E-state index contributed by atoms with van der Waals surface area (Å²) in [5, 5.41) is 6.76. The molecule has 0 aromatic heterocycles. The van der Waals surface area contributed by atoms with E-state index in [0.717, 1.165) is 45.0 Å². The molecular formula is C71H108ClF9N12O13. The normalized spacial score (nSPS) is 30.6. The number of hydrogen-bond acceptors (Lipinski definition) is 13. The Labute approximate surface area is 619 Å². The number of likely N-dealkylation sites (N-methyl/N-ethyl adjacent to an activating group) is 7. The zero-order valence-corrected chi connectivity index (χ0v) is 63.1. The van der Waals surface area contributed by atoms with Crippen LogP contribution >= 0.6 is 11.6 Å². The number of carbonyl (C=O) groups excluding carboxylic acids is 12. The van der Waals surface area contributed by atoms with Gasteiger partial charge in [0.1, 0.15) is 47.8 Å². The SMILES string of the molecule is CC[C@H](C)[C@@H]1NC(=O)[C@H](CC(F)(F)F)N(C)C(=O)C[C@@H](C(=O)N2CCOCC2)N(C)C(=O)[C@H](C2CCCCC2)N(C)C(=O)C2(CCCC2)NC(=O)[C@@H]2CCCN2C(=O)[C@H](CCC2CCC(C(F)(F)F)C(Cl)C2)NC(=O)CN(C)C(=O)[C@H](CC2CCC(C(F)(F)F)CC2)N(C)C(=O)CN(C)C(=O)CN(C)C1=O. The molecule has 3 saturated heterocycles. The van der Waals surface area contributed by atoms with Crippen molar-refractivity contribution in [2.24, 2.45) is 35.5 Å². The molecule has 7 fully saturated rings. The molecule has 3 unspecified atom stereocenters. The standard InChI is InChI=1S/C71H108ClF9N12O13/c1-10-42(2)58-65(103)87(5)40-56(96)85(3)41-57(97)88(6)51(36-44-20-24-46(25-21-44)70(76,77)78)63(101)86(4)39-54(94)82-49(27-23-43-22-26-47(48(72)35-43)71(79,80)81)62(100)93-30-16-19-50(93)61(99)84-68(28-14-15-29-68)67(105)91(9)59(45-17-12-11-13-18-45)66(104)90(8)52(64(102)92-31-33-106-34-32-92)37-55(95)89(7)53(60(98)83-58)38-69(73,74)75/h42-53,58-59H,10-41H2,1-9H3,(H,82,94)(H,83,98)(H,84,99)/t42-,43?,44?,46?,47?,48?,49-,50-,51-,52-,53-,58-,59-/m0/s1. The highest BCUT2D eigenvalue weighted by Gasteiger charge is 2.53. The molecule has 600 valence electrons. The number of halogens is 10. The van der Waals surface area contributed by atoms with Gasteiger partial charge in [0.05, 0.1) is 57.5 Å². The van der Waals surface area contributed by atoms with Gasteiger partial charge in [0.15, 0.2) is 0 Å². The first-order chi connectivity index (χ1) is 49.6. The van der Waals surface area contributed by atoms with Crippen LogP contribution < -0.4 is 16.0 Å². The van der Waals surface area contributed by atoms with E-state index in [-0.39, 0.29) is 129 Å². The summed E-state index contributed by atoms with van der Waals surface area (Å²) in [6.45, 7) is 0.726. The van der Waals surface area contributed by atoms with Gasteiger partial charge < -0.3 is 64.8 Å². The third-order valence-corrected chi connectivity index (χ3v) is 23.9. The van der Waals surface area contributed by atoms with Crippen molar-refractivity contribution in [3.63, 3.8) is 0 Å². The van der Waals surface area contributed by atoms with Gasteiger partial charge in [0, 0.05) is 74.3 Å². The lowest BCUT2D eigenvalue weighted by atomic mass is 9.78. The number of nitrogens with zero attached hydrogens (tertiary/aromatic N) is 9. The van der Waals surface area contributed by atoms with Crippen LogP contribution in [-0.4, -0.2) is 289 Å². The molecule has 7 rings (SSSR count). The lowest BCUT2D eigenvalue weighted by Crippen LogP contribution is -2.65. The smallest absolute Gasteiger partial charge is 0.378 e. The van der Waals surface area contributed by atoms with Gasteiger partial charge in [-0.25, -0.2) is 0 Å². The summed E-state index contributed by atoms with van der Waals surface area (Å²) in [4.78, 5) is 187. The van der Waals surface area contributed by atoms with Crippen LogP contribution in [0.3, 0.4) is 0 Å². The molecule has 11 atom stereocenters. The van der Waals surface area contributed by atoms with E-state index in [4.69, 9.17) is 16.3 Å². The van der Waals surface area contributed by atoms with E-state index in [1.54, 1.807) is 6.92 Å². The van der Waals surface area contributed by atoms with Crippen LogP contribution in [0, 0.1) is 35.5 Å². The molecule has 25 nitrogen and oxygen atoms in total. The Bertz CT molecular complexity index is 3130. The molecule has 0 bridgehead atoms. The Hall–Kier alpha value is -6.74. The Morgan fingerprint density at radius 3 is 1.76 bits per heavy atom. The number of morpholine rings is 1. The van der Waals surface area contributed by atoms with Gasteiger partial charge in [0.25, 0.3) is 0 Å². The van der Waals surface area contributed by atoms with E-state index in [0.29, 0.717) is 43.4 Å². The fourth-order valence-electron chi connectivity index (χ4n) is 16.5. The minimum absolute atomic E-state index is 0.0111. The predicted octanol–water partition coefficient (Wildman–Crippen LogP) is 6.03. The third kappa shape index (κ3) is 22.0. The lowest BCUT2D eigenvalue weighted by Gasteiger charge is -2.43. The maximum Gasteiger partial charge on any atom is 0.393 e. The van der Waals surface area contributed by atoms with E-state index in [9.17, 15) is 77.9 Å².